The van der Waals surface area contributed by atoms with Gasteiger partial charge in [0.2, 0.25) is 5.91 Å². The summed E-state index contributed by atoms with van der Waals surface area (Å²) in [5.74, 6) is 2.62. The quantitative estimate of drug-likeness (QED) is 0.416. The number of para-hydroxylation sites is 1. The average Bonchev–Trinajstić information content (AvgIpc) is 3.50. The molecule has 3 heterocycles. The average molecular weight is 504 g/mol. The number of amides is 1. The lowest BCUT2D eigenvalue weighted by Crippen LogP contribution is -2.39. The number of hydrogen-bond donors (Lipinski definition) is 0. The number of carbonyl (C=O) groups excluding carboxylic acids is 1. The minimum Gasteiger partial charge on any atom is -0.497 e. The monoisotopic (exact) mass is 503 g/mol. The molecule has 2 aliphatic heterocycles. The zero-order chi connectivity index (χ0) is 25.5. The summed E-state index contributed by atoms with van der Waals surface area (Å²) in [5.41, 5.74) is 1.84. The van der Waals surface area contributed by atoms with Crippen molar-refractivity contribution >= 4 is 22.6 Å². The van der Waals surface area contributed by atoms with Gasteiger partial charge in [0.15, 0.2) is 5.82 Å². The van der Waals surface area contributed by atoms with Gasteiger partial charge in [-0.25, -0.2) is 9.97 Å². The lowest BCUT2D eigenvalue weighted by atomic mass is 10.1. The molecule has 0 N–H and O–H groups in total. The zero-order valence-corrected chi connectivity index (χ0v) is 21.8. The Morgan fingerprint density at radius 1 is 0.973 bits per heavy atom. The maximum Gasteiger partial charge on any atom is 0.224 e. The Morgan fingerprint density at radius 3 is 2.49 bits per heavy atom. The van der Waals surface area contributed by atoms with Gasteiger partial charge in [0.1, 0.15) is 11.6 Å². The molecule has 0 aliphatic carbocycles. The number of benzene rings is 2. The van der Waals surface area contributed by atoms with E-state index in [2.05, 4.69) is 15.9 Å². The number of likely N-dealkylation sites (tertiary alicyclic amines) is 1. The fourth-order valence-electron chi connectivity index (χ4n) is 5.16. The van der Waals surface area contributed by atoms with Gasteiger partial charge in [-0.2, -0.15) is 0 Å². The first-order valence-electron chi connectivity index (χ1n) is 13.5. The number of ether oxygens (including phenoxy) is 2. The Bertz CT molecular complexity index is 1170. The number of hydrogen-bond acceptors (Lipinski definition) is 7. The van der Waals surface area contributed by atoms with E-state index in [-0.39, 0.29) is 5.91 Å². The molecule has 8 nitrogen and oxygen atoms in total. The molecule has 37 heavy (non-hydrogen) atoms. The number of morpholine rings is 1. The molecule has 1 amide bonds. The molecular formula is C29H37N5O3. The maximum absolute atomic E-state index is 12.9. The molecule has 5 rings (SSSR count). The van der Waals surface area contributed by atoms with E-state index in [0.29, 0.717) is 18.8 Å². The predicted molar refractivity (Wildman–Crippen MR) is 146 cm³/mol. The second-order valence-corrected chi connectivity index (χ2v) is 9.75. The summed E-state index contributed by atoms with van der Waals surface area (Å²) >= 11 is 0. The lowest BCUT2D eigenvalue weighted by Gasteiger charge is -2.29. The number of methoxy groups -OCH3 is 1. The van der Waals surface area contributed by atoms with Crippen LogP contribution in [-0.2, 0) is 9.53 Å². The standard InChI is InChI=1S/C29H37N5O3/c1-36-24-11-9-23(10-12-24)28-30-26-8-3-2-7-25(26)29(31-28)34(17-6-14-32-19-21-37-22-20-32)18-13-27(35)33-15-4-5-16-33/h2-3,7-12H,4-6,13-22H2,1H3. The van der Waals surface area contributed by atoms with Crippen LogP contribution >= 0.6 is 0 Å². The number of rotatable bonds is 10. The smallest absolute Gasteiger partial charge is 0.224 e. The fourth-order valence-corrected chi connectivity index (χ4v) is 5.16. The van der Waals surface area contributed by atoms with E-state index in [9.17, 15) is 4.79 Å². The first kappa shape index (κ1) is 25.4. The van der Waals surface area contributed by atoms with Crippen LogP contribution in [-0.4, -0.2) is 91.8 Å². The van der Waals surface area contributed by atoms with Crippen LogP contribution in [0.4, 0.5) is 5.82 Å². The molecule has 0 radical (unpaired) electrons. The summed E-state index contributed by atoms with van der Waals surface area (Å²) in [7, 11) is 1.66. The third-order valence-electron chi connectivity index (χ3n) is 7.29. The number of fused-ring (bicyclic) bond motifs is 1. The Labute approximate surface area is 219 Å². The minimum atomic E-state index is 0.240. The Balaban J connectivity index is 1.42. The molecule has 2 saturated heterocycles. The van der Waals surface area contributed by atoms with E-state index in [0.717, 1.165) is 99.8 Å². The van der Waals surface area contributed by atoms with Gasteiger partial charge in [0, 0.05) is 63.2 Å². The summed E-state index contributed by atoms with van der Waals surface area (Å²) in [6, 6.07) is 16.0. The molecule has 2 aromatic carbocycles. The van der Waals surface area contributed by atoms with E-state index in [1.807, 2.05) is 47.4 Å². The highest BCUT2D eigenvalue weighted by atomic mass is 16.5. The van der Waals surface area contributed by atoms with E-state index in [1.54, 1.807) is 7.11 Å². The molecule has 2 fully saturated rings. The second kappa shape index (κ2) is 12.3. The summed E-state index contributed by atoms with van der Waals surface area (Å²) in [6.07, 6.45) is 3.70. The highest BCUT2D eigenvalue weighted by molar-refractivity contribution is 5.91. The molecule has 8 heteroatoms. The zero-order valence-electron chi connectivity index (χ0n) is 21.8. The Kier molecular flexibility index (Phi) is 8.48. The molecule has 1 aromatic heterocycles. The molecule has 0 unspecified atom stereocenters. The van der Waals surface area contributed by atoms with Gasteiger partial charge in [-0.05, 0) is 55.7 Å². The van der Waals surface area contributed by atoms with Crippen LogP contribution in [0.5, 0.6) is 5.75 Å². The van der Waals surface area contributed by atoms with Gasteiger partial charge >= 0.3 is 0 Å². The van der Waals surface area contributed by atoms with E-state index in [1.165, 1.54) is 0 Å². The van der Waals surface area contributed by atoms with Crippen molar-refractivity contribution in [1.29, 1.82) is 0 Å². The molecule has 2 aliphatic rings. The first-order chi connectivity index (χ1) is 18.2. The van der Waals surface area contributed by atoms with E-state index in [4.69, 9.17) is 19.4 Å². The number of carbonyl (C=O) groups is 1. The van der Waals surface area contributed by atoms with Gasteiger partial charge in [-0.1, -0.05) is 12.1 Å². The number of nitrogens with zero attached hydrogens (tertiary/aromatic N) is 5. The first-order valence-corrected chi connectivity index (χ1v) is 13.5. The van der Waals surface area contributed by atoms with Crippen molar-refractivity contribution in [3.8, 4) is 17.1 Å². The predicted octanol–water partition coefficient (Wildman–Crippen LogP) is 3.85. The van der Waals surface area contributed by atoms with Crippen molar-refractivity contribution in [2.24, 2.45) is 0 Å². The van der Waals surface area contributed by atoms with Crippen LogP contribution in [0, 0.1) is 0 Å². The highest BCUT2D eigenvalue weighted by Gasteiger charge is 2.21. The summed E-state index contributed by atoms with van der Waals surface area (Å²) in [6.45, 7) is 7.80. The fraction of sp³-hybridized carbons (Fsp3) is 0.483. The second-order valence-electron chi connectivity index (χ2n) is 9.75. The van der Waals surface area contributed by atoms with E-state index < -0.39 is 0 Å². The molecule has 196 valence electrons. The van der Waals surface area contributed by atoms with E-state index >= 15 is 0 Å². The van der Waals surface area contributed by atoms with Gasteiger partial charge in [0.25, 0.3) is 0 Å². The topological polar surface area (TPSA) is 71.0 Å². The van der Waals surface area contributed by atoms with Crippen LogP contribution in [0.2, 0.25) is 0 Å². The van der Waals surface area contributed by atoms with Crippen molar-refractivity contribution in [3.63, 3.8) is 0 Å². The normalized spacial score (nSPS) is 16.3. The largest absolute Gasteiger partial charge is 0.497 e. The van der Waals surface area contributed by atoms with Gasteiger partial charge in [-0.3, -0.25) is 9.69 Å². The van der Waals surface area contributed by atoms with Crippen LogP contribution in [0.1, 0.15) is 25.7 Å². The molecule has 0 saturated carbocycles. The van der Waals surface area contributed by atoms with Crippen molar-refractivity contribution in [1.82, 2.24) is 19.8 Å². The number of anilines is 1. The van der Waals surface area contributed by atoms with Crippen LogP contribution in [0.3, 0.4) is 0 Å². The van der Waals surface area contributed by atoms with Crippen LogP contribution < -0.4 is 9.64 Å². The molecule has 0 bridgehead atoms. The summed E-state index contributed by atoms with van der Waals surface area (Å²) in [4.78, 5) is 29.7. The highest BCUT2D eigenvalue weighted by Crippen LogP contribution is 2.29. The van der Waals surface area contributed by atoms with Crippen LogP contribution in [0.25, 0.3) is 22.3 Å². The van der Waals surface area contributed by atoms with Crippen molar-refractivity contribution in [2.45, 2.75) is 25.7 Å². The van der Waals surface area contributed by atoms with Gasteiger partial charge < -0.3 is 19.3 Å². The molecule has 0 spiro atoms. The van der Waals surface area contributed by atoms with Crippen LogP contribution in [0.15, 0.2) is 48.5 Å². The summed E-state index contributed by atoms with van der Waals surface area (Å²) < 4.78 is 10.8. The molecule has 3 aromatic rings. The van der Waals surface area contributed by atoms with Crippen molar-refractivity contribution in [3.05, 3.63) is 48.5 Å². The minimum absolute atomic E-state index is 0.240. The number of aromatic nitrogens is 2. The SMILES string of the molecule is COc1ccc(-c2nc(N(CCCN3CCOCC3)CCC(=O)N3CCCC3)c3ccccc3n2)cc1. The lowest BCUT2D eigenvalue weighted by molar-refractivity contribution is -0.129. The third-order valence-corrected chi connectivity index (χ3v) is 7.29. The molecular weight excluding hydrogens is 466 g/mol. The Hall–Kier alpha value is -3.23. The van der Waals surface area contributed by atoms with Crippen molar-refractivity contribution in [2.75, 3.05) is 71.0 Å². The Morgan fingerprint density at radius 2 is 1.73 bits per heavy atom. The summed E-state index contributed by atoms with van der Waals surface area (Å²) in [5, 5.41) is 1.01. The molecule has 0 atom stereocenters. The van der Waals surface area contributed by atoms with Crippen molar-refractivity contribution < 1.29 is 14.3 Å². The van der Waals surface area contributed by atoms with Gasteiger partial charge in [-0.15, -0.1) is 0 Å². The maximum atomic E-state index is 12.9. The third kappa shape index (κ3) is 6.37. The van der Waals surface area contributed by atoms with Gasteiger partial charge in [0.05, 0.1) is 25.8 Å².